The lowest BCUT2D eigenvalue weighted by molar-refractivity contribution is -0.274. The van der Waals surface area contributed by atoms with Crippen LogP contribution in [-0.4, -0.2) is 36.8 Å². The molecule has 1 atom stereocenters. The SMILES string of the molecule is CCS(=O)(=O)N1Cc2ccccc2CC1C(=O)NCc1ccccc1OC(F)(F)F. The number of para-hydroxylation sites is 1. The van der Waals surface area contributed by atoms with E-state index in [4.69, 9.17) is 0 Å². The minimum absolute atomic E-state index is 0.0677. The first-order valence-corrected chi connectivity index (χ1v) is 10.9. The van der Waals surface area contributed by atoms with Gasteiger partial charge in [-0.2, -0.15) is 4.31 Å². The summed E-state index contributed by atoms with van der Waals surface area (Å²) >= 11 is 0. The lowest BCUT2D eigenvalue weighted by Crippen LogP contribution is -2.52. The van der Waals surface area contributed by atoms with E-state index in [-0.39, 0.29) is 30.8 Å². The second-order valence-corrected chi connectivity index (χ2v) is 9.02. The predicted molar refractivity (Wildman–Crippen MR) is 104 cm³/mol. The number of nitrogens with one attached hydrogen (secondary N) is 1. The molecule has 1 unspecified atom stereocenters. The zero-order valence-corrected chi connectivity index (χ0v) is 17.0. The van der Waals surface area contributed by atoms with Gasteiger partial charge in [-0.25, -0.2) is 8.42 Å². The quantitative estimate of drug-likeness (QED) is 0.747. The first-order valence-electron chi connectivity index (χ1n) is 9.28. The van der Waals surface area contributed by atoms with Crippen LogP contribution in [-0.2, 0) is 34.3 Å². The van der Waals surface area contributed by atoms with Crippen molar-refractivity contribution in [2.75, 3.05) is 5.75 Å². The molecule has 2 aromatic rings. The second-order valence-electron chi connectivity index (χ2n) is 6.81. The third kappa shape index (κ3) is 5.11. The molecule has 1 aliphatic heterocycles. The molecule has 30 heavy (non-hydrogen) atoms. The summed E-state index contributed by atoms with van der Waals surface area (Å²) in [5.41, 5.74) is 1.81. The van der Waals surface area contributed by atoms with Gasteiger partial charge in [-0.1, -0.05) is 42.5 Å². The standard InChI is InChI=1S/C20H21F3N2O4S/c1-2-30(27,28)25-13-16-9-4-3-7-14(16)11-17(25)19(26)24-12-15-8-5-6-10-18(15)29-20(21,22)23/h3-10,17H,2,11-13H2,1H3,(H,24,26). The van der Waals surface area contributed by atoms with E-state index in [0.29, 0.717) is 0 Å². The summed E-state index contributed by atoms with van der Waals surface area (Å²) in [6, 6.07) is 11.7. The Bertz CT molecular complexity index is 1020. The van der Waals surface area contributed by atoms with Gasteiger partial charge < -0.3 is 10.1 Å². The average molecular weight is 442 g/mol. The van der Waals surface area contributed by atoms with E-state index >= 15 is 0 Å². The van der Waals surface area contributed by atoms with Crippen molar-refractivity contribution in [3.05, 3.63) is 65.2 Å². The molecule has 10 heteroatoms. The van der Waals surface area contributed by atoms with E-state index in [2.05, 4.69) is 10.1 Å². The van der Waals surface area contributed by atoms with Crippen LogP contribution in [0.4, 0.5) is 13.2 Å². The van der Waals surface area contributed by atoms with E-state index in [1.807, 2.05) is 18.2 Å². The lowest BCUT2D eigenvalue weighted by Gasteiger charge is -2.34. The van der Waals surface area contributed by atoms with Gasteiger partial charge in [0.2, 0.25) is 15.9 Å². The smallest absolute Gasteiger partial charge is 0.405 e. The molecule has 0 fully saturated rings. The van der Waals surface area contributed by atoms with E-state index in [9.17, 15) is 26.4 Å². The molecule has 0 saturated heterocycles. The van der Waals surface area contributed by atoms with Gasteiger partial charge >= 0.3 is 6.36 Å². The number of hydrogen-bond acceptors (Lipinski definition) is 4. The van der Waals surface area contributed by atoms with Crippen LogP contribution in [0.1, 0.15) is 23.6 Å². The van der Waals surface area contributed by atoms with Crippen LogP contribution in [0, 0.1) is 0 Å². The van der Waals surface area contributed by atoms with Gasteiger partial charge in [-0.05, 0) is 30.5 Å². The molecule has 0 spiro atoms. The summed E-state index contributed by atoms with van der Waals surface area (Å²) in [4.78, 5) is 12.9. The highest BCUT2D eigenvalue weighted by atomic mass is 32.2. The lowest BCUT2D eigenvalue weighted by atomic mass is 9.95. The largest absolute Gasteiger partial charge is 0.573 e. The van der Waals surface area contributed by atoms with Crippen LogP contribution in [0.15, 0.2) is 48.5 Å². The van der Waals surface area contributed by atoms with Crippen LogP contribution in [0.2, 0.25) is 0 Å². The fourth-order valence-corrected chi connectivity index (χ4v) is 4.58. The number of nitrogens with zero attached hydrogens (tertiary/aromatic N) is 1. The van der Waals surface area contributed by atoms with Crippen molar-refractivity contribution in [2.24, 2.45) is 0 Å². The highest BCUT2D eigenvalue weighted by Crippen LogP contribution is 2.28. The normalized spacial score (nSPS) is 17.3. The number of halogens is 3. The van der Waals surface area contributed by atoms with Crippen LogP contribution in [0.5, 0.6) is 5.75 Å². The number of alkyl halides is 3. The van der Waals surface area contributed by atoms with Crippen LogP contribution < -0.4 is 10.1 Å². The second kappa shape index (κ2) is 8.65. The Morgan fingerprint density at radius 3 is 2.43 bits per heavy atom. The number of benzene rings is 2. The Labute approximate surface area is 172 Å². The highest BCUT2D eigenvalue weighted by molar-refractivity contribution is 7.89. The van der Waals surface area contributed by atoms with Crippen molar-refractivity contribution in [3.63, 3.8) is 0 Å². The van der Waals surface area contributed by atoms with Crippen LogP contribution >= 0.6 is 0 Å². The van der Waals surface area contributed by atoms with Crippen molar-refractivity contribution in [3.8, 4) is 5.75 Å². The molecule has 3 rings (SSSR count). The number of sulfonamides is 1. The molecule has 1 heterocycles. The zero-order chi connectivity index (χ0) is 21.9. The Morgan fingerprint density at radius 1 is 1.13 bits per heavy atom. The van der Waals surface area contributed by atoms with E-state index in [1.165, 1.54) is 25.1 Å². The molecule has 0 saturated carbocycles. The third-order valence-electron chi connectivity index (χ3n) is 4.88. The molecule has 162 valence electrons. The number of amides is 1. The summed E-state index contributed by atoms with van der Waals surface area (Å²) in [6.07, 6.45) is -4.68. The Kier molecular flexibility index (Phi) is 6.37. The van der Waals surface area contributed by atoms with Gasteiger partial charge in [0, 0.05) is 18.7 Å². The predicted octanol–water partition coefficient (Wildman–Crippen LogP) is 2.98. The van der Waals surface area contributed by atoms with Crippen molar-refractivity contribution < 1.29 is 31.1 Å². The number of ether oxygens (including phenoxy) is 1. The fraction of sp³-hybridized carbons (Fsp3) is 0.350. The van der Waals surface area contributed by atoms with E-state index in [0.717, 1.165) is 21.5 Å². The van der Waals surface area contributed by atoms with Gasteiger partial charge in [-0.15, -0.1) is 13.2 Å². The maximum absolute atomic E-state index is 12.9. The summed E-state index contributed by atoms with van der Waals surface area (Å²) in [5.74, 6) is -1.16. The molecule has 1 aliphatic rings. The van der Waals surface area contributed by atoms with Gasteiger partial charge in [0.05, 0.1) is 5.75 Å². The van der Waals surface area contributed by atoms with E-state index in [1.54, 1.807) is 6.07 Å². The maximum atomic E-state index is 12.9. The third-order valence-corrected chi connectivity index (χ3v) is 6.71. The summed E-state index contributed by atoms with van der Waals surface area (Å²) in [5, 5.41) is 2.56. The molecule has 0 radical (unpaired) electrons. The highest BCUT2D eigenvalue weighted by Gasteiger charge is 2.38. The van der Waals surface area contributed by atoms with Crippen molar-refractivity contribution in [1.82, 2.24) is 9.62 Å². The summed E-state index contributed by atoms with van der Waals surface area (Å²) in [6.45, 7) is 1.33. The molecule has 0 aliphatic carbocycles. The average Bonchev–Trinajstić information content (AvgIpc) is 2.70. The minimum Gasteiger partial charge on any atom is -0.405 e. The number of hydrogen-bond donors (Lipinski definition) is 1. The summed E-state index contributed by atoms with van der Waals surface area (Å²) in [7, 11) is -3.67. The van der Waals surface area contributed by atoms with Crippen LogP contribution in [0.25, 0.3) is 0 Å². The Morgan fingerprint density at radius 2 is 1.77 bits per heavy atom. The maximum Gasteiger partial charge on any atom is 0.573 e. The molecule has 1 N–H and O–H groups in total. The number of fused-ring (bicyclic) bond motifs is 1. The molecule has 0 aromatic heterocycles. The molecular formula is C20H21F3N2O4S. The van der Waals surface area contributed by atoms with Crippen molar-refractivity contribution in [2.45, 2.75) is 38.8 Å². The number of rotatable bonds is 6. The minimum atomic E-state index is -4.86. The van der Waals surface area contributed by atoms with E-state index < -0.39 is 34.1 Å². The molecule has 2 aromatic carbocycles. The zero-order valence-electron chi connectivity index (χ0n) is 16.1. The monoisotopic (exact) mass is 442 g/mol. The van der Waals surface area contributed by atoms with Crippen molar-refractivity contribution in [1.29, 1.82) is 0 Å². The fourth-order valence-electron chi connectivity index (χ4n) is 3.35. The van der Waals surface area contributed by atoms with Gasteiger partial charge in [0.15, 0.2) is 0 Å². The van der Waals surface area contributed by atoms with Gasteiger partial charge in [0.1, 0.15) is 11.8 Å². The van der Waals surface area contributed by atoms with Crippen LogP contribution in [0.3, 0.4) is 0 Å². The van der Waals surface area contributed by atoms with Gasteiger partial charge in [0.25, 0.3) is 0 Å². The molecule has 6 nitrogen and oxygen atoms in total. The topological polar surface area (TPSA) is 75.7 Å². The van der Waals surface area contributed by atoms with Crippen molar-refractivity contribution >= 4 is 15.9 Å². The summed E-state index contributed by atoms with van der Waals surface area (Å²) < 4.78 is 68.0. The molecular weight excluding hydrogens is 421 g/mol. The number of carbonyl (C=O) groups excluding carboxylic acids is 1. The van der Waals surface area contributed by atoms with Gasteiger partial charge in [-0.3, -0.25) is 4.79 Å². The Hall–Kier alpha value is -2.59. The Balaban J connectivity index is 1.80. The number of carbonyl (C=O) groups is 1. The molecule has 0 bridgehead atoms. The molecule has 1 amide bonds. The first kappa shape index (κ1) is 22.1. The first-order chi connectivity index (χ1) is 14.1.